The Hall–Kier alpha value is -1.82. The first kappa shape index (κ1) is 13.6. The number of anilines is 2. The number of hydrogen-bond donors (Lipinski definition) is 3. The molecule has 1 aliphatic rings. The number of nitrogens with one attached hydrogen (secondary N) is 1. The van der Waals surface area contributed by atoms with Crippen LogP contribution in [0.1, 0.15) is 29.6 Å². The lowest BCUT2D eigenvalue weighted by Crippen LogP contribution is -2.21. The van der Waals surface area contributed by atoms with Crippen molar-refractivity contribution in [2.45, 2.75) is 19.3 Å². The Balaban J connectivity index is 2.01. The van der Waals surface area contributed by atoms with Crippen molar-refractivity contribution in [3.63, 3.8) is 0 Å². The average Bonchev–Trinajstić information content (AvgIpc) is 3.15. The first-order valence-electron chi connectivity index (χ1n) is 6.34. The first-order chi connectivity index (χ1) is 9.06. The summed E-state index contributed by atoms with van der Waals surface area (Å²) in [5, 5.41) is 3.21. The maximum absolute atomic E-state index is 11.4. The Morgan fingerprint density at radius 2 is 2.32 bits per heavy atom. The number of carbonyl (C=O) groups is 1. The van der Waals surface area contributed by atoms with Crippen LogP contribution in [0.4, 0.5) is 11.5 Å². The van der Waals surface area contributed by atoms with Crippen molar-refractivity contribution < 1.29 is 9.53 Å². The molecule has 6 nitrogen and oxygen atoms in total. The third-order valence-corrected chi connectivity index (χ3v) is 3.60. The van der Waals surface area contributed by atoms with Crippen LogP contribution in [-0.2, 0) is 4.74 Å². The molecule has 1 amide bonds. The van der Waals surface area contributed by atoms with Gasteiger partial charge in [-0.3, -0.25) is 4.79 Å². The van der Waals surface area contributed by atoms with E-state index in [2.05, 4.69) is 10.3 Å². The fourth-order valence-electron chi connectivity index (χ4n) is 2.09. The normalized spacial score (nSPS) is 16.1. The molecule has 0 aromatic carbocycles. The summed E-state index contributed by atoms with van der Waals surface area (Å²) < 4.78 is 5.11. The van der Waals surface area contributed by atoms with E-state index in [-0.39, 0.29) is 5.41 Å². The monoisotopic (exact) mass is 264 g/mol. The Kier molecular flexibility index (Phi) is 3.90. The molecule has 19 heavy (non-hydrogen) atoms. The minimum absolute atomic E-state index is 0.272. The van der Waals surface area contributed by atoms with Crippen LogP contribution < -0.4 is 16.8 Å². The SMILES string of the molecule is COCCC1(CNc2ncc(N)cc2C(N)=O)CC1. The van der Waals surface area contributed by atoms with Gasteiger partial charge in [0.05, 0.1) is 17.4 Å². The van der Waals surface area contributed by atoms with Crippen molar-refractivity contribution in [3.05, 3.63) is 17.8 Å². The third kappa shape index (κ3) is 3.35. The summed E-state index contributed by atoms with van der Waals surface area (Å²) in [6.07, 6.45) is 4.87. The molecule has 0 radical (unpaired) electrons. The Labute approximate surface area is 112 Å². The van der Waals surface area contributed by atoms with E-state index in [1.807, 2.05) is 0 Å². The van der Waals surface area contributed by atoms with E-state index in [4.69, 9.17) is 16.2 Å². The highest BCUT2D eigenvalue weighted by Crippen LogP contribution is 2.48. The maximum atomic E-state index is 11.4. The fraction of sp³-hybridized carbons (Fsp3) is 0.538. The van der Waals surface area contributed by atoms with Gasteiger partial charge in [0.2, 0.25) is 0 Å². The van der Waals surface area contributed by atoms with Gasteiger partial charge in [0.15, 0.2) is 0 Å². The van der Waals surface area contributed by atoms with Crippen LogP contribution >= 0.6 is 0 Å². The second-order valence-corrected chi connectivity index (χ2v) is 5.13. The molecule has 1 aliphatic carbocycles. The molecule has 0 saturated heterocycles. The molecular weight excluding hydrogens is 244 g/mol. The lowest BCUT2D eigenvalue weighted by Gasteiger charge is -2.17. The van der Waals surface area contributed by atoms with Gasteiger partial charge in [0.1, 0.15) is 5.82 Å². The highest BCUT2D eigenvalue weighted by molar-refractivity contribution is 5.98. The minimum atomic E-state index is -0.524. The number of amides is 1. The molecule has 2 rings (SSSR count). The zero-order valence-electron chi connectivity index (χ0n) is 11.1. The van der Waals surface area contributed by atoms with Crippen molar-refractivity contribution in [2.75, 3.05) is 31.3 Å². The summed E-state index contributed by atoms with van der Waals surface area (Å²) >= 11 is 0. The van der Waals surface area contributed by atoms with Crippen LogP contribution in [0, 0.1) is 5.41 Å². The number of nitrogen functional groups attached to an aromatic ring is 1. The molecule has 0 bridgehead atoms. The van der Waals surface area contributed by atoms with Gasteiger partial charge in [-0.1, -0.05) is 0 Å². The molecule has 0 unspecified atom stereocenters. The highest BCUT2D eigenvalue weighted by atomic mass is 16.5. The molecule has 6 heteroatoms. The number of methoxy groups -OCH3 is 1. The quantitative estimate of drug-likeness (QED) is 0.681. The van der Waals surface area contributed by atoms with Gasteiger partial charge in [-0.15, -0.1) is 0 Å². The van der Waals surface area contributed by atoms with Crippen LogP contribution in [0.3, 0.4) is 0 Å². The zero-order chi connectivity index (χ0) is 13.9. The lowest BCUT2D eigenvalue weighted by atomic mass is 10.0. The zero-order valence-corrected chi connectivity index (χ0v) is 11.1. The average molecular weight is 264 g/mol. The van der Waals surface area contributed by atoms with E-state index in [0.29, 0.717) is 17.1 Å². The van der Waals surface area contributed by atoms with Crippen LogP contribution in [0.5, 0.6) is 0 Å². The highest BCUT2D eigenvalue weighted by Gasteiger charge is 2.41. The summed E-state index contributed by atoms with van der Waals surface area (Å²) in [6, 6.07) is 1.55. The topological polar surface area (TPSA) is 103 Å². The molecule has 1 saturated carbocycles. The van der Waals surface area contributed by atoms with E-state index in [9.17, 15) is 4.79 Å². The molecular formula is C13H20N4O2. The molecule has 0 aliphatic heterocycles. The predicted octanol–water partition coefficient (Wildman–Crippen LogP) is 0.991. The molecule has 1 aromatic rings. The van der Waals surface area contributed by atoms with Gasteiger partial charge in [-0.25, -0.2) is 4.98 Å². The van der Waals surface area contributed by atoms with E-state index in [1.54, 1.807) is 13.2 Å². The molecule has 0 atom stereocenters. The minimum Gasteiger partial charge on any atom is -0.397 e. The van der Waals surface area contributed by atoms with Gasteiger partial charge >= 0.3 is 0 Å². The number of carbonyl (C=O) groups excluding carboxylic acids is 1. The summed E-state index contributed by atoms with van der Waals surface area (Å²) in [6.45, 7) is 1.52. The van der Waals surface area contributed by atoms with Crippen molar-refractivity contribution >= 4 is 17.4 Å². The maximum Gasteiger partial charge on any atom is 0.252 e. The van der Waals surface area contributed by atoms with E-state index >= 15 is 0 Å². The molecule has 5 N–H and O–H groups in total. The number of hydrogen-bond acceptors (Lipinski definition) is 5. The summed E-state index contributed by atoms with van der Waals surface area (Å²) in [5.74, 6) is -0.0190. The number of primary amides is 1. The first-order valence-corrected chi connectivity index (χ1v) is 6.34. The number of rotatable bonds is 7. The Morgan fingerprint density at radius 3 is 2.89 bits per heavy atom. The van der Waals surface area contributed by atoms with Crippen molar-refractivity contribution in [3.8, 4) is 0 Å². The number of nitrogens with two attached hydrogens (primary N) is 2. The van der Waals surface area contributed by atoms with Crippen molar-refractivity contribution in [2.24, 2.45) is 11.1 Å². The molecule has 0 spiro atoms. The van der Waals surface area contributed by atoms with Crippen LogP contribution in [-0.4, -0.2) is 31.2 Å². The largest absolute Gasteiger partial charge is 0.397 e. The Bertz CT molecular complexity index is 472. The summed E-state index contributed by atoms with van der Waals surface area (Å²) in [7, 11) is 1.70. The number of pyridine rings is 1. The molecule has 1 heterocycles. The molecule has 104 valence electrons. The second-order valence-electron chi connectivity index (χ2n) is 5.13. The number of ether oxygens (including phenoxy) is 1. The Morgan fingerprint density at radius 1 is 1.58 bits per heavy atom. The summed E-state index contributed by atoms with van der Waals surface area (Å²) in [4.78, 5) is 15.5. The van der Waals surface area contributed by atoms with E-state index < -0.39 is 5.91 Å². The van der Waals surface area contributed by atoms with Crippen LogP contribution in [0.25, 0.3) is 0 Å². The lowest BCUT2D eigenvalue weighted by molar-refractivity contribution is 0.100. The number of nitrogens with zero attached hydrogens (tertiary/aromatic N) is 1. The predicted molar refractivity (Wildman–Crippen MR) is 73.8 cm³/mol. The van der Waals surface area contributed by atoms with Crippen LogP contribution in [0.2, 0.25) is 0 Å². The van der Waals surface area contributed by atoms with Crippen LogP contribution in [0.15, 0.2) is 12.3 Å². The second kappa shape index (κ2) is 5.44. The molecule has 1 aromatic heterocycles. The van der Waals surface area contributed by atoms with Gasteiger partial charge < -0.3 is 21.5 Å². The van der Waals surface area contributed by atoms with Gasteiger partial charge in [-0.05, 0) is 30.7 Å². The van der Waals surface area contributed by atoms with E-state index in [1.165, 1.54) is 19.0 Å². The van der Waals surface area contributed by atoms with Gasteiger partial charge in [0, 0.05) is 20.3 Å². The standard InChI is InChI=1S/C13H20N4O2/c1-19-5-4-13(2-3-13)8-17-12-10(11(15)18)6-9(14)7-16-12/h6-7H,2-5,8,14H2,1H3,(H2,15,18)(H,16,17). The smallest absolute Gasteiger partial charge is 0.252 e. The van der Waals surface area contributed by atoms with Gasteiger partial charge in [-0.2, -0.15) is 0 Å². The molecule has 1 fully saturated rings. The summed E-state index contributed by atoms with van der Waals surface area (Å²) in [5.41, 5.74) is 12.0. The fourth-order valence-corrected chi connectivity index (χ4v) is 2.09. The number of aromatic nitrogens is 1. The van der Waals surface area contributed by atoms with Crippen molar-refractivity contribution in [1.82, 2.24) is 4.98 Å². The third-order valence-electron chi connectivity index (χ3n) is 3.60. The van der Waals surface area contributed by atoms with Crippen molar-refractivity contribution in [1.29, 1.82) is 0 Å². The van der Waals surface area contributed by atoms with E-state index in [0.717, 1.165) is 19.6 Å². The van der Waals surface area contributed by atoms with Gasteiger partial charge in [0.25, 0.3) is 5.91 Å².